The van der Waals surface area contributed by atoms with Gasteiger partial charge in [-0.2, -0.15) is 0 Å². The number of carbonyl (C=O) groups is 1. The van der Waals surface area contributed by atoms with Gasteiger partial charge in [-0.05, 0) is 30.6 Å². The highest BCUT2D eigenvalue weighted by molar-refractivity contribution is 6.26. The molecule has 0 amide bonds. The smallest absolute Gasteiger partial charge is 0.321 e. The maximum Gasteiger partial charge on any atom is 0.321 e. The minimum atomic E-state index is -0.276. The van der Waals surface area contributed by atoms with Crippen LogP contribution in [0.3, 0.4) is 0 Å². The lowest BCUT2D eigenvalue weighted by atomic mass is 9.75. The second kappa shape index (κ2) is 5.74. The summed E-state index contributed by atoms with van der Waals surface area (Å²) in [6.07, 6.45) is 3.49. The van der Waals surface area contributed by atoms with Crippen molar-refractivity contribution >= 4 is 17.6 Å². The van der Waals surface area contributed by atoms with Crippen LogP contribution in [-0.2, 0) is 9.53 Å². The fourth-order valence-corrected chi connectivity index (χ4v) is 2.51. The SMILES string of the molecule is CC(C)[C@H]1CC[C@@H](C)C[C@H]1OC(=O)CCl. The van der Waals surface area contributed by atoms with Crippen molar-refractivity contribution < 1.29 is 9.53 Å². The average Bonchev–Trinajstić information content (AvgIpc) is 2.17. The van der Waals surface area contributed by atoms with E-state index in [0.717, 1.165) is 6.42 Å². The average molecular weight is 233 g/mol. The predicted molar refractivity (Wildman–Crippen MR) is 61.9 cm³/mol. The molecular formula is C12H21ClO2. The highest BCUT2D eigenvalue weighted by Crippen LogP contribution is 2.35. The van der Waals surface area contributed by atoms with E-state index in [1.54, 1.807) is 0 Å². The van der Waals surface area contributed by atoms with Crippen LogP contribution in [0.1, 0.15) is 40.0 Å². The molecule has 3 atom stereocenters. The summed E-state index contributed by atoms with van der Waals surface area (Å²) in [4.78, 5) is 11.2. The zero-order valence-corrected chi connectivity index (χ0v) is 10.6. The molecular weight excluding hydrogens is 212 g/mol. The quantitative estimate of drug-likeness (QED) is 0.552. The van der Waals surface area contributed by atoms with E-state index in [0.29, 0.717) is 17.8 Å². The Bertz CT molecular complexity index is 216. The van der Waals surface area contributed by atoms with Gasteiger partial charge in [0.2, 0.25) is 0 Å². The minimum absolute atomic E-state index is 0.0320. The molecule has 0 aromatic carbocycles. The van der Waals surface area contributed by atoms with Crippen molar-refractivity contribution in [3.63, 3.8) is 0 Å². The monoisotopic (exact) mass is 232 g/mol. The maximum absolute atomic E-state index is 11.2. The molecule has 2 nitrogen and oxygen atoms in total. The Kier molecular flexibility index (Phi) is 4.91. The number of rotatable bonds is 3. The molecule has 0 heterocycles. The van der Waals surface area contributed by atoms with Crippen LogP contribution in [0.5, 0.6) is 0 Å². The van der Waals surface area contributed by atoms with Crippen molar-refractivity contribution in [2.45, 2.75) is 46.1 Å². The third-order valence-electron chi connectivity index (χ3n) is 3.35. The van der Waals surface area contributed by atoms with Gasteiger partial charge in [0.15, 0.2) is 0 Å². The van der Waals surface area contributed by atoms with Gasteiger partial charge in [0, 0.05) is 0 Å². The molecule has 0 N–H and O–H groups in total. The lowest BCUT2D eigenvalue weighted by Gasteiger charge is -2.36. The summed E-state index contributed by atoms with van der Waals surface area (Å²) in [5, 5.41) is 0. The molecule has 0 bridgehead atoms. The standard InChI is InChI=1S/C12H21ClO2/c1-8(2)10-5-4-9(3)6-11(10)15-12(14)7-13/h8-11H,4-7H2,1-3H3/t9-,10-,11-/m1/s1. The fraction of sp³-hybridized carbons (Fsp3) is 0.917. The number of hydrogen-bond acceptors (Lipinski definition) is 2. The Morgan fingerprint density at radius 2 is 2.13 bits per heavy atom. The van der Waals surface area contributed by atoms with Crippen LogP contribution in [-0.4, -0.2) is 18.0 Å². The Balaban J connectivity index is 2.57. The van der Waals surface area contributed by atoms with Gasteiger partial charge in [-0.3, -0.25) is 4.79 Å². The molecule has 88 valence electrons. The van der Waals surface area contributed by atoms with Crippen LogP contribution in [0, 0.1) is 17.8 Å². The fourth-order valence-electron chi connectivity index (χ4n) is 2.45. The van der Waals surface area contributed by atoms with E-state index < -0.39 is 0 Å². The van der Waals surface area contributed by atoms with E-state index in [4.69, 9.17) is 16.3 Å². The summed E-state index contributed by atoms with van der Waals surface area (Å²) >= 11 is 5.46. The molecule has 0 aromatic rings. The molecule has 0 aliphatic heterocycles. The van der Waals surface area contributed by atoms with E-state index in [-0.39, 0.29) is 18.0 Å². The molecule has 1 rings (SSSR count). The van der Waals surface area contributed by atoms with Crippen LogP contribution in [0.4, 0.5) is 0 Å². The van der Waals surface area contributed by atoms with Crippen LogP contribution in [0.2, 0.25) is 0 Å². The Morgan fingerprint density at radius 1 is 1.47 bits per heavy atom. The Hall–Kier alpha value is -0.240. The van der Waals surface area contributed by atoms with Crippen molar-refractivity contribution in [2.75, 3.05) is 5.88 Å². The molecule has 15 heavy (non-hydrogen) atoms. The number of esters is 1. The van der Waals surface area contributed by atoms with Crippen molar-refractivity contribution in [1.82, 2.24) is 0 Å². The van der Waals surface area contributed by atoms with Gasteiger partial charge in [0.1, 0.15) is 12.0 Å². The number of carbonyl (C=O) groups excluding carboxylic acids is 1. The van der Waals surface area contributed by atoms with Crippen LogP contribution >= 0.6 is 11.6 Å². The second-order valence-electron chi connectivity index (χ2n) is 4.99. The Morgan fingerprint density at radius 3 is 2.67 bits per heavy atom. The second-order valence-corrected chi connectivity index (χ2v) is 5.26. The molecule has 0 spiro atoms. The van der Waals surface area contributed by atoms with Gasteiger partial charge in [-0.15, -0.1) is 11.6 Å². The first kappa shape index (κ1) is 12.8. The summed E-state index contributed by atoms with van der Waals surface area (Å²) < 4.78 is 5.41. The molecule has 0 unspecified atom stereocenters. The summed E-state index contributed by atoms with van der Waals surface area (Å²) in [6, 6.07) is 0. The van der Waals surface area contributed by atoms with E-state index in [9.17, 15) is 4.79 Å². The van der Waals surface area contributed by atoms with E-state index in [1.165, 1.54) is 12.8 Å². The molecule has 1 saturated carbocycles. The third kappa shape index (κ3) is 3.67. The first-order chi connectivity index (χ1) is 7.04. The largest absolute Gasteiger partial charge is 0.461 e. The number of ether oxygens (including phenoxy) is 1. The van der Waals surface area contributed by atoms with Gasteiger partial charge >= 0.3 is 5.97 Å². The first-order valence-electron chi connectivity index (χ1n) is 5.80. The number of hydrogen-bond donors (Lipinski definition) is 0. The normalized spacial score (nSPS) is 31.7. The minimum Gasteiger partial charge on any atom is -0.461 e. The van der Waals surface area contributed by atoms with Crippen molar-refractivity contribution in [3.05, 3.63) is 0 Å². The van der Waals surface area contributed by atoms with Crippen molar-refractivity contribution in [1.29, 1.82) is 0 Å². The highest BCUT2D eigenvalue weighted by atomic mass is 35.5. The van der Waals surface area contributed by atoms with E-state index in [2.05, 4.69) is 20.8 Å². The van der Waals surface area contributed by atoms with Gasteiger partial charge < -0.3 is 4.74 Å². The van der Waals surface area contributed by atoms with Crippen molar-refractivity contribution in [3.8, 4) is 0 Å². The van der Waals surface area contributed by atoms with Crippen molar-refractivity contribution in [2.24, 2.45) is 17.8 Å². The van der Waals surface area contributed by atoms with Gasteiger partial charge in [-0.25, -0.2) is 0 Å². The zero-order chi connectivity index (χ0) is 11.4. The van der Waals surface area contributed by atoms with E-state index >= 15 is 0 Å². The molecule has 1 fully saturated rings. The molecule has 1 aliphatic carbocycles. The summed E-state index contributed by atoms with van der Waals surface area (Å²) in [6.45, 7) is 6.61. The molecule has 0 saturated heterocycles. The van der Waals surface area contributed by atoms with Gasteiger partial charge in [0.25, 0.3) is 0 Å². The lowest BCUT2D eigenvalue weighted by molar-refractivity contribution is -0.152. The molecule has 0 aromatic heterocycles. The zero-order valence-electron chi connectivity index (χ0n) is 9.83. The number of alkyl halides is 1. The van der Waals surface area contributed by atoms with E-state index in [1.807, 2.05) is 0 Å². The lowest BCUT2D eigenvalue weighted by Crippen LogP contribution is -2.36. The summed E-state index contributed by atoms with van der Waals surface area (Å²) in [5.74, 6) is 1.43. The maximum atomic E-state index is 11.2. The summed E-state index contributed by atoms with van der Waals surface area (Å²) in [7, 11) is 0. The van der Waals surface area contributed by atoms with Crippen LogP contribution in [0.25, 0.3) is 0 Å². The Labute approximate surface area is 97.3 Å². The molecule has 1 aliphatic rings. The predicted octanol–water partition coefficient (Wildman–Crippen LogP) is 3.23. The highest BCUT2D eigenvalue weighted by Gasteiger charge is 2.33. The van der Waals surface area contributed by atoms with Crippen LogP contribution in [0.15, 0.2) is 0 Å². The third-order valence-corrected chi connectivity index (χ3v) is 3.57. The topological polar surface area (TPSA) is 26.3 Å². The first-order valence-corrected chi connectivity index (χ1v) is 6.33. The number of halogens is 1. The van der Waals surface area contributed by atoms with Gasteiger partial charge in [0.05, 0.1) is 0 Å². The molecule has 0 radical (unpaired) electrons. The van der Waals surface area contributed by atoms with Crippen LogP contribution < -0.4 is 0 Å². The van der Waals surface area contributed by atoms with Gasteiger partial charge in [-0.1, -0.05) is 27.2 Å². The summed E-state index contributed by atoms with van der Waals surface area (Å²) in [5.41, 5.74) is 0. The molecule has 3 heteroatoms.